The van der Waals surface area contributed by atoms with Crippen LogP contribution in [0.4, 0.5) is 0 Å². The van der Waals surface area contributed by atoms with E-state index in [4.69, 9.17) is 5.21 Å². The number of benzene rings is 1. The van der Waals surface area contributed by atoms with Crippen molar-refractivity contribution < 1.29 is 10.3 Å². The van der Waals surface area contributed by atoms with Crippen molar-refractivity contribution in [3.05, 3.63) is 28.8 Å². The molecular formula is C9H11NO2. The highest BCUT2D eigenvalue weighted by Gasteiger charge is 2.01. The van der Waals surface area contributed by atoms with Crippen LogP contribution in [-0.2, 0) is 0 Å². The predicted octanol–water partition coefficient (Wildman–Crippen LogP) is 1.82. The van der Waals surface area contributed by atoms with Gasteiger partial charge in [-0.05, 0) is 42.7 Å². The van der Waals surface area contributed by atoms with E-state index in [1.54, 1.807) is 26.0 Å². The molecule has 0 saturated heterocycles. The topological polar surface area (TPSA) is 52.8 Å². The average molecular weight is 165 g/mol. The number of hydrogen-bond acceptors (Lipinski definition) is 3. The van der Waals surface area contributed by atoms with E-state index in [1.807, 2.05) is 0 Å². The molecule has 1 rings (SSSR count). The van der Waals surface area contributed by atoms with Gasteiger partial charge in [-0.3, -0.25) is 0 Å². The predicted molar refractivity (Wildman–Crippen MR) is 47.0 cm³/mol. The van der Waals surface area contributed by atoms with E-state index in [0.29, 0.717) is 5.75 Å². The fourth-order valence-electron chi connectivity index (χ4n) is 1.13. The Hall–Kier alpha value is -1.51. The Balaban J connectivity index is 3.21. The Morgan fingerprint density at radius 1 is 1.25 bits per heavy atom. The summed E-state index contributed by atoms with van der Waals surface area (Å²) in [5.41, 5.74) is 2.35. The molecule has 0 aliphatic heterocycles. The molecule has 0 spiro atoms. The van der Waals surface area contributed by atoms with Crippen molar-refractivity contribution in [1.29, 1.82) is 0 Å². The van der Waals surface area contributed by atoms with Gasteiger partial charge in [0, 0.05) is 0 Å². The van der Waals surface area contributed by atoms with E-state index in [2.05, 4.69) is 5.16 Å². The van der Waals surface area contributed by atoms with E-state index in [1.165, 1.54) is 6.21 Å². The Morgan fingerprint density at radius 2 is 1.75 bits per heavy atom. The number of aromatic hydroxyl groups is 1. The third-order valence-corrected chi connectivity index (χ3v) is 1.72. The van der Waals surface area contributed by atoms with Crippen LogP contribution in [0.25, 0.3) is 0 Å². The van der Waals surface area contributed by atoms with Gasteiger partial charge in [0.2, 0.25) is 0 Å². The Morgan fingerprint density at radius 3 is 2.17 bits per heavy atom. The fourth-order valence-corrected chi connectivity index (χ4v) is 1.13. The van der Waals surface area contributed by atoms with Crippen molar-refractivity contribution in [2.75, 3.05) is 0 Å². The molecule has 3 heteroatoms. The monoisotopic (exact) mass is 165 g/mol. The van der Waals surface area contributed by atoms with Crippen LogP contribution >= 0.6 is 0 Å². The maximum Gasteiger partial charge on any atom is 0.121 e. The van der Waals surface area contributed by atoms with Gasteiger partial charge in [-0.1, -0.05) is 5.16 Å². The molecule has 0 fully saturated rings. The standard InChI is InChI=1S/C9H11NO2/c1-6-3-8(5-10-12)4-7(2)9(6)11/h3-5,11-12H,1-2H3/b10-5+. The largest absolute Gasteiger partial charge is 0.507 e. The Kier molecular flexibility index (Phi) is 2.33. The molecule has 0 amide bonds. The zero-order valence-corrected chi connectivity index (χ0v) is 7.07. The minimum absolute atomic E-state index is 0.296. The summed E-state index contributed by atoms with van der Waals surface area (Å²) in [7, 11) is 0. The lowest BCUT2D eigenvalue weighted by Gasteiger charge is -2.03. The number of hydrogen-bond donors (Lipinski definition) is 2. The zero-order valence-electron chi connectivity index (χ0n) is 7.07. The zero-order chi connectivity index (χ0) is 9.14. The summed E-state index contributed by atoms with van der Waals surface area (Å²) in [6.45, 7) is 3.61. The minimum Gasteiger partial charge on any atom is -0.507 e. The SMILES string of the molecule is Cc1cc(/C=N/O)cc(C)c1O. The second-order valence-electron chi connectivity index (χ2n) is 2.75. The van der Waals surface area contributed by atoms with E-state index in [9.17, 15) is 5.11 Å². The average Bonchev–Trinajstić information content (AvgIpc) is 2.01. The molecule has 0 radical (unpaired) electrons. The third-order valence-electron chi connectivity index (χ3n) is 1.72. The molecule has 0 atom stereocenters. The molecule has 0 aromatic heterocycles. The van der Waals surface area contributed by atoms with Crippen LogP contribution in [0.15, 0.2) is 17.3 Å². The van der Waals surface area contributed by atoms with Gasteiger partial charge in [-0.15, -0.1) is 0 Å². The Labute approximate surface area is 71.0 Å². The molecule has 2 N–H and O–H groups in total. The molecule has 1 aromatic rings. The summed E-state index contributed by atoms with van der Waals surface area (Å²) >= 11 is 0. The number of aryl methyl sites for hydroxylation is 2. The van der Waals surface area contributed by atoms with Gasteiger partial charge >= 0.3 is 0 Å². The lowest BCUT2D eigenvalue weighted by atomic mass is 10.1. The number of phenols is 1. The van der Waals surface area contributed by atoms with E-state index >= 15 is 0 Å². The Bertz CT molecular complexity index is 295. The van der Waals surface area contributed by atoms with Crippen LogP contribution in [0.2, 0.25) is 0 Å². The first-order chi connectivity index (χ1) is 5.65. The summed E-state index contributed by atoms with van der Waals surface area (Å²) in [5.74, 6) is 0.296. The quantitative estimate of drug-likeness (QED) is 0.379. The first-order valence-corrected chi connectivity index (χ1v) is 3.63. The maximum absolute atomic E-state index is 9.39. The second kappa shape index (κ2) is 3.26. The number of oxime groups is 1. The smallest absolute Gasteiger partial charge is 0.121 e. The summed E-state index contributed by atoms with van der Waals surface area (Å²) < 4.78 is 0. The normalized spacial score (nSPS) is 10.8. The van der Waals surface area contributed by atoms with Crippen LogP contribution in [-0.4, -0.2) is 16.5 Å². The van der Waals surface area contributed by atoms with Gasteiger partial charge in [0.05, 0.1) is 6.21 Å². The summed E-state index contributed by atoms with van der Waals surface area (Å²) in [4.78, 5) is 0. The highest BCUT2D eigenvalue weighted by molar-refractivity contribution is 5.80. The van der Waals surface area contributed by atoms with Gasteiger partial charge in [-0.2, -0.15) is 0 Å². The van der Waals surface area contributed by atoms with Crippen molar-refractivity contribution in [3.8, 4) is 5.75 Å². The summed E-state index contributed by atoms with van der Waals surface area (Å²) in [5, 5.41) is 20.6. The third kappa shape index (κ3) is 1.56. The highest BCUT2D eigenvalue weighted by atomic mass is 16.4. The van der Waals surface area contributed by atoms with E-state index in [0.717, 1.165) is 16.7 Å². The van der Waals surface area contributed by atoms with Gasteiger partial charge in [0.1, 0.15) is 5.75 Å². The van der Waals surface area contributed by atoms with Gasteiger partial charge < -0.3 is 10.3 Å². The summed E-state index contributed by atoms with van der Waals surface area (Å²) in [6, 6.07) is 3.50. The molecule has 1 aromatic carbocycles. The first kappa shape index (κ1) is 8.59. The van der Waals surface area contributed by atoms with Crippen LogP contribution < -0.4 is 0 Å². The molecule has 3 nitrogen and oxygen atoms in total. The van der Waals surface area contributed by atoms with Gasteiger partial charge in [0.15, 0.2) is 0 Å². The van der Waals surface area contributed by atoms with Gasteiger partial charge in [-0.25, -0.2) is 0 Å². The van der Waals surface area contributed by atoms with Crippen molar-refractivity contribution in [1.82, 2.24) is 0 Å². The molecular weight excluding hydrogens is 154 g/mol. The molecule has 0 saturated carbocycles. The highest BCUT2D eigenvalue weighted by Crippen LogP contribution is 2.21. The summed E-state index contributed by atoms with van der Waals surface area (Å²) in [6.07, 6.45) is 1.33. The van der Waals surface area contributed by atoms with Crippen molar-refractivity contribution >= 4 is 6.21 Å². The van der Waals surface area contributed by atoms with Crippen molar-refractivity contribution in [2.24, 2.45) is 5.16 Å². The maximum atomic E-state index is 9.39. The van der Waals surface area contributed by atoms with Crippen LogP contribution in [0.1, 0.15) is 16.7 Å². The minimum atomic E-state index is 0.296. The second-order valence-corrected chi connectivity index (χ2v) is 2.75. The molecule has 0 aliphatic rings. The number of nitrogens with zero attached hydrogens (tertiary/aromatic N) is 1. The van der Waals surface area contributed by atoms with E-state index in [-0.39, 0.29) is 0 Å². The molecule has 0 aliphatic carbocycles. The first-order valence-electron chi connectivity index (χ1n) is 3.63. The molecule has 0 bridgehead atoms. The van der Waals surface area contributed by atoms with Gasteiger partial charge in [0.25, 0.3) is 0 Å². The lowest BCUT2D eigenvalue weighted by Crippen LogP contribution is -1.86. The number of rotatable bonds is 1. The molecule has 12 heavy (non-hydrogen) atoms. The lowest BCUT2D eigenvalue weighted by molar-refractivity contribution is 0.322. The van der Waals surface area contributed by atoms with Crippen molar-refractivity contribution in [3.63, 3.8) is 0 Å². The fraction of sp³-hybridized carbons (Fsp3) is 0.222. The van der Waals surface area contributed by atoms with E-state index < -0.39 is 0 Å². The van der Waals surface area contributed by atoms with Crippen LogP contribution in [0.3, 0.4) is 0 Å². The number of phenolic OH excluding ortho intramolecular Hbond substituents is 1. The molecule has 64 valence electrons. The molecule has 0 unspecified atom stereocenters. The van der Waals surface area contributed by atoms with Crippen LogP contribution in [0.5, 0.6) is 5.75 Å². The van der Waals surface area contributed by atoms with Crippen LogP contribution in [0, 0.1) is 13.8 Å². The van der Waals surface area contributed by atoms with Crippen molar-refractivity contribution in [2.45, 2.75) is 13.8 Å². The molecule has 0 heterocycles.